The molecule has 1 aromatic carbocycles. The van der Waals surface area contributed by atoms with E-state index in [0.29, 0.717) is 0 Å². The fourth-order valence-corrected chi connectivity index (χ4v) is 7.39. The first-order chi connectivity index (χ1) is 15.8. The van der Waals surface area contributed by atoms with Crippen molar-refractivity contribution in [3.8, 4) is 0 Å². The lowest BCUT2D eigenvalue weighted by atomic mass is 9.45. The Hall–Kier alpha value is -1.30. The van der Waals surface area contributed by atoms with Gasteiger partial charge in [0.05, 0.1) is 0 Å². The van der Waals surface area contributed by atoms with Crippen LogP contribution >= 0.6 is 0 Å². The summed E-state index contributed by atoms with van der Waals surface area (Å²) in [6.45, 7) is 38.8. The molecule has 0 heterocycles. The van der Waals surface area contributed by atoms with Crippen molar-refractivity contribution >= 4 is 5.57 Å². The van der Waals surface area contributed by atoms with Gasteiger partial charge in [-0.3, -0.25) is 0 Å². The molecule has 0 N–H and O–H groups in total. The highest BCUT2D eigenvalue weighted by atomic mass is 14.6. The highest BCUT2D eigenvalue weighted by Gasteiger charge is 2.55. The summed E-state index contributed by atoms with van der Waals surface area (Å²) in [6.07, 6.45) is 8.87. The lowest BCUT2D eigenvalue weighted by Crippen LogP contribution is -2.50. The molecule has 0 fully saturated rings. The predicted octanol–water partition coefficient (Wildman–Crippen LogP) is 11.7. The minimum atomic E-state index is -0.0610. The fourth-order valence-electron chi connectivity index (χ4n) is 7.39. The molecule has 1 aliphatic rings. The Kier molecular flexibility index (Phi) is 8.13. The van der Waals surface area contributed by atoms with Crippen LogP contribution in [0, 0.1) is 32.5 Å². The molecule has 0 radical (unpaired) electrons. The van der Waals surface area contributed by atoms with E-state index >= 15 is 0 Å². The van der Waals surface area contributed by atoms with Crippen molar-refractivity contribution in [2.45, 2.75) is 135 Å². The standard InChI is InChI=1S/C36H60/c1-30(2,3)24-34(13,14)36(35(15,16)25-31(4,5)6)22-27(21-29(23-36)33(10,11)12)26-18-17-19-28(20-26)32(7,8)9/h17-20,22-23H,21,24-25H2,1-16H3. The van der Waals surface area contributed by atoms with E-state index in [2.05, 4.69) is 147 Å². The molecule has 1 aliphatic carbocycles. The Morgan fingerprint density at radius 3 is 1.47 bits per heavy atom. The van der Waals surface area contributed by atoms with Crippen LogP contribution in [-0.2, 0) is 5.41 Å². The third-order valence-corrected chi connectivity index (χ3v) is 8.43. The summed E-state index contributed by atoms with van der Waals surface area (Å²) in [5.74, 6) is 0. The molecular formula is C36H60. The van der Waals surface area contributed by atoms with Crippen LogP contribution in [0.5, 0.6) is 0 Å². The van der Waals surface area contributed by atoms with E-state index in [1.807, 2.05) is 0 Å². The Morgan fingerprint density at radius 2 is 1.08 bits per heavy atom. The second-order valence-electron chi connectivity index (χ2n) is 17.7. The largest absolute Gasteiger partial charge is 0.0734 e. The summed E-state index contributed by atoms with van der Waals surface area (Å²) >= 11 is 0. The Labute approximate surface area is 226 Å². The zero-order chi connectivity index (χ0) is 28.2. The van der Waals surface area contributed by atoms with Crippen molar-refractivity contribution in [2.75, 3.05) is 0 Å². The van der Waals surface area contributed by atoms with E-state index in [9.17, 15) is 0 Å². The molecule has 0 heteroatoms. The van der Waals surface area contributed by atoms with Gasteiger partial charge < -0.3 is 0 Å². The molecule has 0 aliphatic heterocycles. The third-order valence-electron chi connectivity index (χ3n) is 8.43. The van der Waals surface area contributed by atoms with Gasteiger partial charge in [-0.25, -0.2) is 0 Å². The van der Waals surface area contributed by atoms with E-state index < -0.39 is 0 Å². The smallest absolute Gasteiger partial charge is 0.0173 e. The lowest BCUT2D eigenvalue weighted by molar-refractivity contribution is -0.0169. The zero-order valence-corrected chi connectivity index (χ0v) is 27.1. The molecule has 0 saturated carbocycles. The van der Waals surface area contributed by atoms with E-state index in [4.69, 9.17) is 0 Å². The molecule has 0 nitrogen and oxygen atoms in total. The van der Waals surface area contributed by atoms with Crippen molar-refractivity contribution in [1.82, 2.24) is 0 Å². The molecule has 0 spiro atoms. The Bertz CT molecular complexity index is 950. The van der Waals surface area contributed by atoms with Crippen LogP contribution in [-0.4, -0.2) is 0 Å². The second kappa shape index (κ2) is 9.47. The van der Waals surface area contributed by atoms with Gasteiger partial charge in [-0.1, -0.05) is 153 Å². The predicted molar refractivity (Wildman–Crippen MR) is 163 cm³/mol. The quantitative estimate of drug-likeness (QED) is 0.358. The molecule has 36 heavy (non-hydrogen) atoms. The topological polar surface area (TPSA) is 0 Å². The van der Waals surface area contributed by atoms with E-state index in [1.165, 1.54) is 29.5 Å². The highest BCUT2D eigenvalue weighted by molar-refractivity contribution is 5.72. The number of hydrogen-bond donors (Lipinski definition) is 0. The SMILES string of the molecule is CC(C)(C)CC(C)(C)C1(C(C)(C)CC(C)(C)C)C=C(c2cccc(C(C)(C)C)c2)CC(C(C)(C)C)=C1. The molecule has 2 rings (SSSR count). The van der Waals surface area contributed by atoms with Crippen LogP contribution in [0.3, 0.4) is 0 Å². The van der Waals surface area contributed by atoms with E-state index in [-0.39, 0.29) is 37.9 Å². The zero-order valence-electron chi connectivity index (χ0n) is 27.1. The van der Waals surface area contributed by atoms with Crippen molar-refractivity contribution in [3.05, 3.63) is 53.1 Å². The Balaban J connectivity index is 2.96. The maximum absolute atomic E-state index is 2.75. The molecule has 1 aromatic rings. The summed E-state index contributed by atoms with van der Waals surface area (Å²) in [6, 6.07) is 9.39. The van der Waals surface area contributed by atoms with Crippen LogP contribution in [0.1, 0.15) is 141 Å². The first-order valence-electron chi connectivity index (χ1n) is 14.3. The van der Waals surface area contributed by atoms with Gasteiger partial charge in [0.15, 0.2) is 0 Å². The highest BCUT2D eigenvalue weighted by Crippen LogP contribution is 2.64. The van der Waals surface area contributed by atoms with Gasteiger partial charge in [0.25, 0.3) is 0 Å². The monoisotopic (exact) mass is 492 g/mol. The lowest BCUT2D eigenvalue weighted by Gasteiger charge is -2.58. The molecule has 0 unspecified atom stereocenters. The summed E-state index contributed by atoms with van der Waals surface area (Å²) in [4.78, 5) is 0. The molecule has 0 bridgehead atoms. The fraction of sp³-hybridized carbons (Fsp3) is 0.722. The maximum Gasteiger partial charge on any atom is 0.0173 e. The summed E-state index contributed by atoms with van der Waals surface area (Å²) in [5, 5.41) is 0. The molecular weight excluding hydrogens is 432 g/mol. The van der Waals surface area contributed by atoms with Crippen molar-refractivity contribution < 1.29 is 0 Å². The van der Waals surface area contributed by atoms with Crippen molar-refractivity contribution in [2.24, 2.45) is 32.5 Å². The molecule has 204 valence electrons. The summed E-state index contributed by atoms with van der Waals surface area (Å²) < 4.78 is 0. The normalized spacial score (nSPS) is 18.1. The van der Waals surface area contributed by atoms with Gasteiger partial charge in [0, 0.05) is 5.41 Å². The van der Waals surface area contributed by atoms with Crippen LogP contribution in [0.15, 0.2) is 42.0 Å². The molecule has 0 saturated heterocycles. The third kappa shape index (κ3) is 6.96. The maximum atomic E-state index is 2.75. The average molecular weight is 493 g/mol. The van der Waals surface area contributed by atoms with Gasteiger partial charge >= 0.3 is 0 Å². The van der Waals surface area contributed by atoms with Gasteiger partial charge in [0.1, 0.15) is 0 Å². The van der Waals surface area contributed by atoms with Gasteiger partial charge in [-0.05, 0) is 68.5 Å². The van der Waals surface area contributed by atoms with Crippen LogP contribution < -0.4 is 0 Å². The summed E-state index contributed by atoms with van der Waals surface area (Å²) in [7, 11) is 0. The molecule has 0 amide bonds. The van der Waals surface area contributed by atoms with Crippen LogP contribution in [0.2, 0.25) is 0 Å². The van der Waals surface area contributed by atoms with Crippen LogP contribution in [0.4, 0.5) is 0 Å². The Morgan fingerprint density at radius 1 is 0.611 bits per heavy atom. The summed E-state index contributed by atoms with van der Waals surface area (Å²) in [5.41, 5.74) is 6.80. The van der Waals surface area contributed by atoms with Crippen molar-refractivity contribution in [1.29, 1.82) is 0 Å². The first kappa shape index (κ1) is 30.9. The van der Waals surface area contributed by atoms with Gasteiger partial charge in [-0.2, -0.15) is 0 Å². The van der Waals surface area contributed by atoms with Gasteiger partial charge in [-0.15, -0.1) is 0 Å². The minimum absolute atomic E-state index is 0.0610. The number of benzene rings is 1. The number of allylic oxidation sites excluding steroid dienone is 4. The van der Waals surface area contributed by atoms with Gasteiger partial charge in [0.2, 0.25) is 0 Å². The van der Waals surface area contributed by atoms with Crippen molar-refractivity contribution in [3.63, 3.8) is 0 Å². The minimum Gasteiger partial charge on any atom is -0.0734 e. The second-order valence-corrected chi connectivity index (χ2v) is 17.7. The van der Waals surface area contributed by atoms with Crippen LogP contribution in [0.25, 0.3) is 5.57 Å². The van der Waals surface area contributed by atoms with E-state index in [0.717, 1.165) is 6.42 Å². The number of rotatable bonds is 5. The number of hydrogen-bond acceptors (Lipinski definition) is 0. The average Bonchev–Trinajstić information content (AvgIpc) is 2.62. The van der Waals surface area contributed by atoms with E-state index in [1.54, 1.807) is 5.57 Å². The molecule has 0 aromatic heterocycles. The first-order valence-corrected chi connectivity index (χ1v) is 14.3. The molecule has 0 atom stereocenters.